The maximum absolute atomic E-state index is 11.3. The third-order valence-corrected chi connectivity index (χ3v) is 2.11. The van der Waals surface area contributed by atoms with Crippen molar-refractivity contribution in [2.45, 2.75) is 38.8 Å². The van der Waals surface area contributed by atoms with Gasteiger partial charge in [-0.05, 0) is 13.8 Å². The zero-order chi connectivity index (χ0) is 14.8. The number of nitrogens with one attached hydrogen (secondary N) is 3. The number of amides is 3. The second-order valence-corrected chi connectivity index (χ2v) is 4.28. The summed E-state index contributed by atoms with van der Waals surface area (Å²) < 4.78 is 0. The Kier molecular flexibility index (Phi) is 8.27. The molecule has 0 aliphatic rings. The average Bonchev–Trinajstić information content (AvgIpc) is 2.27. The molecule has 0 saturated carbocycles. The zero-order valence-electron chi connectivity index (χ0n) is 11.1. The Balaban J connectivity index is 3.91. The standard InChI is InChI=1S/C11H21N3O5/c1-7(2)13-9(16)3-5-12-11(19)14-8(4-6-15)10(17)18/h7-8,15H,3-6H2,1-2H3,(H,13,16)(H,17,18)(H2,12,14,19)/t8-/m1/s1. The van der Waals surface area contributed by atoms with Crippen molar-refractivity contribution < 1.29 is 24.6 Å². The molecule has 8 heteroatoms. The fraction of sp³-hybridized carbons (Fsp3) is 0.727. The van der Waals surface area contributed by atoms with Crippen LogP contribution in [-0.4, -0.2) is 53.4 Å². The lowest BCUT2D eigenvalue weighted by molar-refractivity contribution is -0.139. The van der Waals surface area contributed by atoms with Gasteiger partial charge in [0.2, 0.25) is 5.91 Å². The minimum absolute atomic E-state index is 0.0299. The van der Waals surface area contributed by atoms with Gasteiger partial charge in [-0.2, -0.15) is 0 Å². The number of carboxylic acids is 1. The molecule has 0 aliphatic carbocycles. The molecule has 0 rings (SSSR count). The number of carboxylic acid groups (broad SMARTS) is 1. The van der Waals surface area contributed by atoms with Crippen LogP contribution in [0.15, 0.2) is 0 Å². The number of carbonyl (C=O) groups excluding carboxylic acids is 2. The molecule has 110 valence electrons. The second kappa shape index (κ2) is 9.15. The number of hydrogen-bond donors (Lipinski definition) is 5. The van der Waals surface area contributed by atoms with E-state index in [2.05, 4.69) is 16.0 Å². The SMILES string of the molecule is CC(C)NC(=O)CCNC(=O)N[C@H](CCO)C(=O)O. The third-order valence-electron chi connectivity index (χ3n) is 2.11. The average molecular weight is 275 g/mol. The van der Waals surface area contributed by atoms with E-state index >= 15 is 0 Å². The fourth-order valence-corrected chi connectivity index (χ4v) is 1.28. The first-order chi connectivity index (χ1) is 8.86. The number of aliphatic hydroxyl groups excluding tert-OH is 1. The monoisotopic (exact) mass is 275 g/mol. The van der Waals surface area contributed by atoms with Gasteiger partial charge in [0.25, 0.3) is 0 Å². The van der Waals surface area contributed by atoms with Crippen LogP contribution in [0.5, 0.6) is 0 Å². The number of hydrogen-bond acceptors (Lipinski definition) is 4. The van der Waals surface area contributed by atoms with Gasteiger partial charge in [-0.25, -0.2) is 9.59 Å². The van der Waals surface area contributed by atoms with Gasteiger partial charge in [-0.15, -0.1) is 0 Å². The maximum atomic E-state index is 11.3. The summed E-state index contributed by atoms with van der Waals surface area (Å²) in [4.78, 5) is 33.3. The first-order valence-electron chi connectivity index (χ1n) is 6.04. The summed E-state index contributed by atoms with van der Waals surface area (Å²) in [5, 5.41) is 24.6. The highest BCUT2D eigenvalue weighted by Gasteiger charge is 2.18. The highest BCUT2D eigenvalue weighted by Crippen LogP contribution is 1.91. The second-order valence-electron chi connectivity index (χ2n) is 4.28. The molecule has 0 bridgehead atoms. The van der Waals surface area contributed by atoms with Gasteiger partial charge in [0.15, 0.2) is 0 Å². The maximum Gasteiger partial charge on any atom is 0.326 e. The number of aliphatic carboxylic acids is 1. The van der Waals surface area contributed by atoms with Gasteiger partial charge in [0, 0.05) is 32.0 Å². The minimum Gasteiger partial charge on any atom is -0.480 e. The van der Waals surface area contributed by atoms with Gasteiger partial charge < -0.3 is 26.2 Å². The Bertz CT molecular complexity index is 319. The molecule has 0 aromatic rings. The van der Waals surface area contributed by atoms with Gasteiger partial charge in [0.05, 0.1) is 0 Å². The van der Waals surface area contributed by atoms with E-state index in [1.54, 1.807) is 0 Å². The van der Waals surface area contributed by atoms with Crippen LogP contribution in [-0.2, 0) is 9.59 Å². The molecule has 0 aromatic heterocycles. The largest absolute Gasteiger partial charge is 0.480 e. The molecule has 19 heavy (non-hydrogen) atoms. The first-order valence-corrected chi connectivity index (χ1v) is 6.04. The number of aliphatic hydroxyl groups is 1. The molecule has 0 saturated heterocycles. The van der Waals surface area contributed by atoms with Crippen molar-refractivity contribution in [2.75, 3.05) is 13.2 Å². The number of urea groups is 1. The van der Waals surface area contributed by atoms with Gasteiger partial charge in [-0.1, -0.05) is 0 Å². The Labute approximate surface area is 111 Å². The smallest absolute Gasteiger partial charge is 0.326 e. The molecule has 0 radical (unpaired) electrons. The van der Waals surface area contributed by atoms with Crippen molar-refractivity contribution in [1.82, 2.24) is 16.0 Å². The van der Waals surface area contributed by atoms with Crippen molar-refractivity contribution in [3.63, 3.8) is 0 Å². The summed E-state index contributed by atoms with van der Waals surface area (Å²) in [7, 11) is 0. The van der Waals surface area contributed by atoms with Gasteiger partial charge in [0.1, 0.15) is 6.04 Å². The van der Waals surface area contributed by atoms with Crippen molar-refractivity contribution in [2.24, 2.45) is 0 Å². The zero-order valence-corrected chi connectivity index (χ0v) is 11.1. The van der Waals surface area contributed by atoms with E-state index in [0.29, 0.717) is 0 Å². The molecular formula is C11H21N3O5. The van der Waals surface area contributed by atoms with E-state index in [0.717, 1.165) is 0 Å². The van der Waals surface area contributed by atoms with E-state index < -0.39 is 18.0 Å². The molecule has 3 amide bonds. The normalized spacial score (nSPS) is 11.8. The summed E-state index contributed by atoms with van der Waals surface area (Å²) in [6, 6.07) is -1.80. The summed E-state index contributed by atoms with van der Waals surface area (Å²) in [6.45, 7) is 3.42. The van der Waals surface area contributed by atoms with E-state index in [1.165, 1.54) is 0 Å². The van der Waals surface area contributed by atoms with Crippen molar-refractivity contribution in [1.29, 1.82) is 0 Å². The molecule has 5 N–H and O–H groups in total. The molecule has 0 spiro atoms. The van der Waals surface area contributed by atoms with Crippen molar-refractivity contribution >= 4 is 17.9 Å². The van der Waals surface area contributed by atoms with E-state index in [9.17, 15) is 14.4 Å². The van der Waals surface area contributed by atoms with Crippen LogP contribution in [0.3, 0.4) is 0 Å². The minimum atomic E-state index is -1.22. The Hall–Kier alpha value is -1.83. The van der Waals surface area contributed by atoms with E-state index in [4.69, 9.17) is 10.2 Å². The molecule has 0 aromatic carbocycles. The topological polar surface area (TPSA) is 128 Å². The van der Waals surface area contributed by atoms with Crippen LogP contribution in [0.2, 0.25) is 0 Å². The lowest BCUT2D eigenvalue weighted by atomic mass is 10.2. The van der Waals surface area contributed by atoms with Gasteiger partial charge >= 0.3 is 12.0 Å². The van der Waals surface area contributed by atoms with Crippen LogP contribution < -0.4 is 16.0 Å². The summed E-state index contributed by atoms with van der Waals surface area (Å²) in [6.07, 6.45) is 0.0416. The molecule has 1 atom stereocenters. The van der Waals surface area contributed by atoms with Crippen LogP contribution in [0.25, 0.3) is 0 Å². The van der Waals surface area contributed by atoms with E-state index in [1.807, 2.05) is 13.8 Å². The number of rotatable bonds is 8. The first kappa shape index (κ1) is 17.2. The molecule has 0 aliphatic heterocycles. The Morgan fingerprint density at radius 1 is 1.16 bits per heavy atom. The lowest BCUT2D eigenvalue weighted by Gasteiger charge is -2.14. The fourth-order valence-electron chi connectivity index (χ4n) is 1.28. The van der Waals surface area contributed by atoms with Crippen molar-refractivity contribution in [3.05, 3.63) is 0 Å². The highest BCUT2D eigenvalue weighted by atomic mass is 16.4. The highest BCUT2D eigenvalue weighted by molar-refractivity contribution is 5.83. The molecule has 0 unspecified atom stereocenters. The summed E-state index contributed by atoms with van der Waals surface area (Å²) >= 11 is 0. The van der Waals surface area contributed by atoms with Crippen LogP contribution in [0, 0.1) is 0 Å². The van der Waals surface area contributed by atoms with Crippen LogP contribution in [0.1, 0.15) is 26.7 Å². The molecular weight excluding hydrogens is 254 g/mol. The summed E-state index contributed by atoms with van der Waals surface area (Å²) in [5.74, 6) is -1.41. The van der Waals surface area contributed by atoms with Gasteiger partial charge in [-0.3, -0.25) is 4.79 Å². The predicted molar refractivity (Wildman–Crippen MR) is 67.6 cm³/mol. The number of carbonyl (C=O) groups is 3. The van der Waals surface area contributed by atoms with E-state index in [-0.39, 0.29) is 37.9 Å². The van der Waals surface area contributed by atoms with Crippen LogP contribution >= 0.6 is 0 Å². The Morgan fingerprint density at radius 3 is 2.26 bits per heavy atom. The quantitative estimate of drug-likeness (QED) is 0.389. The Morgan fingerprint density at radius 2 is 1.79 bits per heavy atom. The van der Waals surface area contributed by atoms with Crippen LogP contribution in [0.4, 0.5) is 4.79 Å². The third kappa shape index (κ3) is 8.83. The lowest BCUT2D eigenvalue weighted by Crippen LogP contribution is -2.47. The molecule has 0 heterocycles. The molecule has 0 fully saturated rings. The van der Waals surface area contributed by atoms with Crippen molar-refractivity contribution in [3.8, 4) is 0 Å². The molecule has 8 nitrogen and oxygen atoms in total. The summed E-state index contributed by atoms with van der Waals surface area (Å²) in [5.41, 5.74) is 0. The predicted octanol–water partition coefficient (Wildman–Crippen LogP) is -0.964.